The van der Waals surface area contributed by atoms with Gasteiger partial charge in [0.2, 0.25) is 10.0 Å². The largest absolute Gasteiger partial charge is 0.423 e. The van der Waals surface area contributed by atoms with Crippen molar-refractivity contribution in [3.63, 3.8) is 0 Å². The maximum absolute atomic E-state index is 12.4. The number of carbonyl (C=O) groups is 1. The van der Waals surface area contributed by atoms with E-state index >= 15 is 0 Å². The van der Waals surface area contributed by atoms with Crippen LogP contribution in [0.15, 0.2) is 59.5 Å². The lowest BCUT2D eigenvalue weighted by atomic mass is 10.2. The van der Waals surface area contributed by atoms with Gasteiger partial charge in [-0.3, -0.25) is 10.1 Å². The van der Waals surface area contributed by atoms with Gasteiger partial charge >= 0.3 is 5.97 Å². The third-order valence-electron chi connectivity index (χ3n) is 3.88. The molecule has 0 saturated heterocycles. The van der Waals surface area contributed by atoms with Gasteiger partial charge in [-0.2, -0.15) is 4.31 Å². The van der Waals surface area contributed by atoms with Gasteiger partial charge in [-0.1, -0.05) is 32.0 Å². The fourth-order valence-electron chi connectivity index (χ4n) is 2.44. The SMILES string of the molecule is CCN(CC)S(=O)(=O)c1ccc(/C=C/C(=O)Oc2cccc([N+](=O)[O-])c2)cc1. The number of non-ortho nitro benzene ring substituents is 1. The summed E-state index contributed by atoms with van der Waals surface area (Å²) in [6.45, 7) is 4.30. The van der Waals surface area contributed by atoms with E-state index in [2.05, 4.69) is 0 Å². The standard InChI is InChI=1S/C19H20N2O6S/c1-3-20(4-2)28(25,26)18-11-8-15(9-12-18)10-13-19(22)27-17-7-5-6-16(14-17)21(23)24/h5-14H,3-4H2,1-2H3/b13-10+. The average molecular weight is 404 g/mol. The second-order valence-electron chi connectivity index (χ2n) is 5.67. The highest BCUT2D eigenvalue weighted by Gasteiger charge is 2.20. The summed E-state index contributed by atoms with van der Waals surface area (Å²) in [4.78, 5) is 22.2. The van der Waals surface area contributed by atoms with Gasteiger partial charge in [-0.15, -0.1) is 0 Å². The number of hydrogen-bond donors (Lipinski definition) is 0. The molecule has 0 spiro atoms. The number of esters is 1. The lowest BCUT2D eigenvalue weighted by Gasteiger charge is -2.18. The lowest BCUT2D eigenvalue weighted by molar-refractivity contribution is -0.384. The summed E-state index contributed by atoms with van der Waals surface area (Å²) in [5.74, 6) is -0.648. The first-order valence-corrected chi connectivity index (χ1v) is 9.96. The van der Waals surface area contributed by atoms with Crippen molar-refractivity contribution in [2.45, 2.75) is 18.7 Å². The molecule has 0 N–H and O–H groups in total. The number of sulfonamides is 1. The predicted molar refractivity (Wildman–Crippen MR) is 104 cm³/mol. The van der Waals surface area contributed by atoms with E-state index in [-0.39, 0.29) is 16.3 Å². The van der Waals surface area contributed by atoms with Crippen LogP contribution >= 0.6 is 0 Å². The van der Waals surface area contributed by atoms with Crippen LogP contribution in [-0.2, 0) is 14.8 Å². The summed E-state index contributed by atoms with van der Waals surface area (Å²) >= 11 is 0. The van der Waals surface area contributed by atoms with Crippen molar-refractivity contribution < 1.29 is 22.9 Å². The second-order valence-corrected chi connectivity index (χ2v) is 7.61. The zero-order valence-corrected chi connectivity index (χ0v) is 16.3. The number of nitro groups is 1. The molecule has 28 heavy (non-hydrogen) atoms. The number of hydrogen-bond acceptors (Lipinski definition) is 6. The van der Waals surface area contributed by atoms with Crippen LogP contribution in [-0.4, -0.2) is 36.7 Å². The minimum Gasteiger partial charge on any atom is -0.423 e. The quantitative estimate of drug-likeness (QED) is 0.220. The summed E-state index contributed by atoms with van der Waals surface area (Å²) in [5.41, 5.74) is 0.425. The Morgan fingerprint density at radius 1 is 1.14 bits per heavy atom. The van der Waals surface area contributed by atoms with E-state index in [9.17, 15) is 23.3 Å². The normalized spacial score (nSPS) is 11.7. The summed E-state index contributed by atoms with van der Waals surface area (Å²) in [5, 5.41) is 10.7. The van der Waals surface area contributed by atoms with Crippen LogP contribution in [0.2, 0.25) is 0 Å². The van der Waals surface area contributed by atoms with Gasteiger partial charge in [0.05, 0.1) is 15.9 Å². The third kappa shape index (κ3) is 5.24. The van der Waals surface area contributed by atoms with Gasteiger partial charge in [0.1, 0.15) is 5.75 Å². The van der Waals surface area contributed by atoms with Crippen molar-refractivity contribution in [3.05, 3.63) is 70.3 Å². The molecule has 0 aliphatic heterocycles. The van der Waals surface area contributed by atoms with Crippen LogP contribution in [0.4, 0.5) is 5.69 Å². The van der Waals surface area contributed by atoms with Crippen LogP contribution in [0.5, 0.6) is 5.75 Å². The van der Waals surface area contributed by atoms with Crippen LogP contribution in [0.1, 0.15) is 19.4 Å². The Labute approximate surface area is 163 Å². The fourth-order valence-corrected chi connectivity index (χ4v) is 3.90. The topological polar surface area (TPSA) is 107 Å². The Morgan fingerprint density at radius 2 is 1.79 bits per heavy atom. The molecule has 8 nitrogen and oxygen atoms in total. The van der Waals surface area contributed by atoms with E-state index in [1.165, 1.54) is 40.7 Å². The number of nitrogens with zero attached hydrogens (tertiary/aromatic N) is 2. The first kappa shape index (κ1) is 21.3. The third-order valence-corrected chi connectivity index (χ3v) is 5.95. The van der Waals surface area contributed by atoms with Crippen LogP contribution in [0.3, 0.4) is 0 Å². The molecule has 2 aromatic rings. The molecular weight excluding hydrogens is 384 g/mol. The Kier molecular flexibility index (Phi) is 7.02. The molecule has 0 atom stereocenters. The first-order valence-electron chi connectivity index (χ1n) is 8.52. The van der Waals surface area contributed by atoms with Crippen LogP contribution in [0, 0.1) is 10.1 Å². The summed E-state index contributed by atoms with van der Waals surface area (Å²) in [7, 11) is -3.54. The molecule has 0 radical (unpaired) electrons. The van der Waals surface area contributed by atoms with Crippen molar-refractivity contribution in [2.24, 2.45) is 0 Å². The summed E-state index contributed by atoms with van der Waals surface area (Å²) in [6.07, 6.45) is 2.63. The molecular formula is C19H20N2O6S. The Morgan fingerprint density at radius 3 is 2.36 bits per heavy atom. The smallest absolute Gasteiger partial charge is 0.336 e. The molecule has 0 fully saturated rings. The zero-order chi connectivity index (χ0) is 20.7. The molecule has 0 aromatic heterocycles. The van der Waals surface area contributed by atoms with Crippen LogP contribution < -0.4 is 4.74 Å². The zero-order valence-electron chi connectivity index (χ0n) is 15.4. The summed E-state index contributed by atoms with van der Waals surface area (Å²) < 4.78 is 31.3. The Hall–Kier alpha value is -3.04. The van der Waals surface area contributed by atoms with Gasteiger partial charge in [-0.25, -0.2) is 13.2 Å². The Bertz CT molecular complexity index is 980. The van der Waals surface area contributed by atoms with E-state index in [0.717, 1.165) is 12.1 Å². The van der Waals surface area contributed by atoms with Gasteiger partial charge in [0.15, 0.2) is 0 Å². The number of rotatable bonds is 8. The molecule has 2 aromatic carbocycles. The number of nitro benzene ring substituents is 1. The minimum atomic E-state index is -3.54. The van der Waals surface area contributed by atoms with Gasteiger partial charge in [-0.05, 0) is 29.8 Å². The van der Waals surface area contributed by atoms with Crippen molar-refractivity contribution in [2.75, 3.05) is 13.1 Å². The minimum absolute atomic E-state index is 0.0597. The second kappa shape index (κ2) is 9.25. The van der Waals surface area contributed by atoms with Crippen LogP contribution in [0.25, 0.3) is 6.08 Å². The number of benzene rings is 2. The predicted octanol–water partition coefficient (Wildman–Crippen LogP) is 3.24. The van der Waals surface area contributed by atoms with E-state index in [0.29, 0.717) is 18.7 Å². The fraction of sp³-hybridized carbons (Fsp3) is 0.211. The highest BCUT2D eigenvalue weighted by atomic mass is 32.2. The van der Waals surface area contributed by atoms with Crippen molar-refractivity contribution in [3.8, 4) is 5.75 Å². The van der Waals surface area contributed by atoms with Gasteiger partial charge < -0.3 is 4.74 Å². The number of carbonyl (C=O) groups excluding carboxylic acids is 1. The van der Waals surface area contributed by atoms with Crippen molar-refractivity contribution in [1.82, 2.24) is 4.31 Å². The monoisotopic (exact) mass is 404 g/mol. The Balaban J connectivity index is 2.07. The maximum Gasteiger partial charge on any atom is 0.336 e. The van der Waals surface area contributed by atoms with Gasteiger partial charge in [0, 0.05) is 25.2 Å². The van der Waals surface area contributed by atoms with E-state index < -0.39 is 20.9 Å². The molecule has 0 aliphatic carbocycles. The molecule has 0 heterocycles. The molecule has 0 bridgehead atoms. The molecule has 9 heteroatoms. The highest BCUT2D eigenvalue weighted by molar-refractivity contribution is 7.89. The van der Waals surface area contributed by atoms with E-state index in [1.54, 1.807) is 26.0 Å². The average Bonchev–Trinajstić information content (AvgIpc) is 2.67. The van der Waals surface area contributed by atoms with Crippen molar-refractivity contribution >= 4 is 27.8 Å². The highest BCUT2D eigenvalue weighted by Crippen LogP contribution is 2.20. The molecule has 0 aliphatic rings. The van der Waals surface area contributed by atoms with Crippen molar-refractivity contribution in [1.29, 1.82) is 0 Å². The van der Waals surface area contributed by atoms with Gasteiger partial charge in [0.25, 0.3) is 5.69 Å². The maximum atomic E-state index is 12.4. The van der Waals surface area contributed by atoms with E-state index in [1.807, 2.05) is 0 Å². The molecule has 148 valence electrons. The van der Waals surface area contributed by atoms with E-state index in [4.69, 9.17) is 4.74 Å². The molecule has 0 amide bonds. The number of ether oxygens (including phenoxy) is 1. The summed E-state index contributed by atoms with van der Waals surface area (Å²) in [6, 6.07) is 11.4. The molecule has 2 rings (SSSR count). The lowest BCUT2D eigenvalue weighted by Crippen LogP contribution is -2.30. The molecule has 0 unspecified atom stereocenters. The molecule has 0 saturated carbocycles. The first-order chi connectivity index (χ1) is 13.3.